The molecule has 0 heterocycles. The lowest BCUT2D eigenvalue weighted by Crippen LogP contribution is -2.20. The van der Waals surface area contributed by atoms with Crippen LogP contribution in [0.4, 0.5) is 0 Å². The van der Waals surface area contributed by atoms with Crippen LogP contribution in [0.5, 0.6) is 0 Å². The van der Waals surface area contributed by atoms with Crippen LogP contribution in [0, 0.1) is 5.92 Å². The van der Waals surface area contributed by atoms with Crippen molar-refractivity contribution in [3.8, 4) is 0 Å². The Balaban J connectivity index is 3.92. The van der Waals surface area contributed by atoms with Crippen molar-refractivity contribution in [1.82, 2.24) is 0 Å². The van der Waals surface area contributed by atoms with E-state index in [1.54, 1.807) is 25.6 Å². The van der Waals surface area contributed by atoms with E-state index in [1.165, 1.54) is 0 Å². The Hall–Kier alpha value is -0.510. The van der Waals surface area contributed by atoms with Gasteiger partial charge in [0.25, 0.3) is 0 Å². The molecule has 4 heteroatoms. The van der Waals surface area contributed by atoms with Crippen LogP contribution < -0.4 is 0 Å². The lowest BCUT2D eigenvalue weighted by molar-refractivity contribution is -0.148. The molecule has 0 aromatic heterocycles. The third-order valence-corrected chi connectivity index (χ3v) is 3.22. The van der Waals surface area contributed by atoms with E-state index in [0.29, 0.717) is 12.4 Å². The highest BCUT2D eigenvalue weighted by molar-refractivity contribution is 8.01. The Bertz CT molecular complexity index is 243. The lowest BCUT2D eigenvalue weighted by atomic mass is 10.1. The van der Waals surface area contributed by atoms with E-state index in [9.17, 15) is 9.59 Å². The minimum absolute atomic E-state index is 0.0861. The molecule has 0 aromatic rings. The topological polar surface area (TPSA) is 43.4 Å². The molecule has 0 fully saturated rings. The molecule has 0 saturated heterocycles. The van der Waals surface area contributed by atoms with Gasteiger partial charge in [-0.15, -0.1) is 11.8 Å². The molecule has 0 amide bonds. The van der Waals surface area contributed by atoms with Crippen LogP contribution in [-0.2, 0) is 14.3 Å². The Morgan fingerprint density at radius 2 is 1.88 bits per heavy atom. The average molecular weight is 246 g/mol. The fraction of sp³-hybridized carbons (Fsp3) is 0.833. The third-order valence-electron chi connectivity index (χ3n) is 1.89. The van der Waals surface area contributed by atoms with Crippen molar-refractivity contribution in [3.05, 3.63) is 0 Å². The second-order valence-corrected chi connectivity index (χ2v) is 6.60. The standard InChI is InChI=1S/C12H22O3S/c1-6-15-11(14)9(2)7-10(13)8-16-12(3,4)5/h9H,6-8H2,1-5H3. The van der Waals surface area contributed by atoms with Crippen LogP contribution >= 0.6 is 11.8 Å². The predicted molar refractivity (Wildman–Crippen MR) is 67.6 cm³/mol. The molecule has 0 N–H and O–H groups in total. The molecule has 0 bridgehead atoms. The first kappa shape index (κ1) is 15.5. The zero-order valence-electron chi connectivity index (χ0n) is 10.8. The first-order chi connectivity index (χ1) is 7.26. The number of carbonyl (C=O) groups is 2. The van der Waals surface area contributed by atoms with Gasteiger partial charge in [-0.2, -0.15) is 0 Å². The van der Waals surface area contributed by atoms with Crippen molar-refractivity contribution >= 4 is 23.5 Å². The van der Waals surface area contributed by atoms with E-state index in [4.69, 9.17) is 4.74 Å². The summed E-state index contributed by atoms with van der Waals surface area (Å²) in [7, 11) is 0. The lowest BCUT2D eigenvalue weighted by Gasteiger charge is -2.17. The van der Waals surface area contributed by atoms with Gasteiger partial charge in [0, 0.05) is 11.2 Å². The molecule has 94 valence electrons. The molecule has 3 nitrogen and oxygen atoms in total. The molecule has 1 atom stereocenters. The number of carbonyl (C=O) groups excluding carboxylic acids is 2. The molecule has 1 unspecified atom stereocenters. The largest absolute Gasteiger partial charge is 0.466 e. The maximum absolute atomic E-state index is 11.6. The van der Waals surface area contributed by atoms with Crippen LogP contribution in [-0.4, -0.2) is 28.9 Å². The number of ketones is 1. The van der Waals surface area contributed by atoms with Gasteiger partial charge in [-0.1, -0.05) is 27.7 Å². The molecule has 0 aliphatic heterocycles. The van der Waals surface area contributed by atoms with Gasteiger partial charge in [0.2, 0.25) is 0 Å². The van der Waals surface area contributed by atoms with Crippen molar-refractivity contribution in [3.63, 3.8) is 0 Å². The quantitative estimate of drug-likeness (QED) is 0.676. The van der Waals surface area contributed by atoms with E-state index in [0.717, 1.165) is 0 Å². The second kappa shape index (κ2) is 6.94. The number of ether oxygens (including phenoxy) is 1. The van der Waals surface area contributed by atoms with E-state index in [-0.39, 0.29) is 28.8 Å². The number of esters is 1. The molecule has 16 heavy (non-hydrogen) atoms. The summed E-state index contributed by atoms with van der Waals surface area (Å²) in [6, 6.07) is 0. The smallest absolute Gasteiger partial charge is 0.309 e. The summed E-state index contributed by atoms with van der Waals surface area (Å²) in [5.74, 6) is -0.0298. The third kappa shape index (κ3) is 7.74. The van der Waals surface area contributed by atoms with Crippen LogP contribution in [0.15, 0.2) is 0 Å². The zero-order valence-corrected chi connectivity index (χ0v) is 11.6. The molecule has 0 radical (unpaired) electrons. The van der Waals surface area contributed by atoms with Crippen LogP contribution in [0.1, 0.15) is 41.0 Å². The van der Waals surface area contributed by atoms with Crippen molar-refractivity contribution < 1.29 is 14.3 Å². The van der Waals surface area contributed by atoms with E-state index in [1.807, 2.05) is 0 Å². The van der Waals surface area contributed by atoms with Gasteiger partial charge < -0.3 is 4.74 Å². The monoisotopic (exact) mass is 246 g/mol. The number of hydrogen-bond donors (Lipinski definition) is 0. The fourth-order valence-electron chi connectivity index (χ4n) is 1.07. The maximum atomic E-state index is 11.6. The molecule has 0 saturated carbocycles. The van der Waals surface area contributed by atoms with Gasteiger partial charge in [0.05, 0.1) is 18.3 Å². The van der Waals surface area contributed by atoms with Gasteiger partial charge >= 0.3 is 5.97 Å². The zero-order chi connectivity index (χ0) is 12.8. The van der Waals surface area contributed by atoms with Crippen LogP contribution in [0.3, 0.4) is 0 Å². The highest BCUT2D eigenvalue weighted by Gasteiger charge is 2.19. The van der Waals surface area contributed by atoms with Gasteiger partial charge in [-0.3, -0.25) is 9.59 Å². The van der Waals surface area contributed by atoms with Crippen molar-refractivity contribution in [2.45, 2.75) is 45.8 Å². The van der Waals surface area contributed by atoms with Crippen LogP contribution in [0.2, 0.25) is 0 Å². The molecule has 0 aliphatic rings. The minimum Gasteiger partial charge on any atom is -0.466 e. The Kier molecular flexibility index (Phi) is 6.72. The molecular weight excluding hydrogens is 224 g/mol. The first-order valence-electron chi connectivity index (χ1n) is 5.58. The van der Waals surface area contributed by atoms with Crippen molar-refractivity contribution in [2.24, 2.45) is 5.92 Å². The summed E-state index contributed by atoms with van der Waals surface area (Å²) in [5.41, 5.74) is 0. The molecule has 0 spiro atoms. The summed E-state index contributed by atoms with van der Waals surface area (Å²) >= 11 is 1.61. The summed E-state index contributed by atoms with van der Waals surface area (Å²) in [5, 5.41) is 0. The highest BCUT2D eigenvalue weighted by Crippen LogP contribution is 2.23. The van der Waals surface area contributed by atoms with Crippen molar-refractivity contribution in [2.75, 3.05) is 12.4 Å². The fourth-order valence-corrected chi connectivity index (χ4v) is 1.78. The van der Waals surface area contributed by atoms with E-state index in [2.05, 4.69) is 20.8 Å². The number of hydrogen-bond acceptors (Lipinski definition) is 4. The molecular formula is C12H22O3S. The Morgan fingerprint density at radius 1 is 1.31 bits per heavy atom. The van der Waals surface area contributed by atoms with Gasteiger partial charge in [-0.05, 0) is 6.92 Å². The van der Waals surface area contributed by atoms with Gasteiger partial charge in [0.1, 0.15) is 5.78 Å². The summed E-state index contributed by atoms with van der Waals surface area (Å²) in [6.45, 7) is 10.1. The molecule has 0 aliphatic carbocycles. The maximum Gasteiger partial charge on any atom is 0.309 e. The Morgan fingerprint density at radius 3 is 2.31 bits per heavy atom. The second-order valence-electron chi connectivity index (χ2n) is 4.80. The van der Waals surface area contributed by atoms with Gasteiger partial charge in [-0.25, -0.2) is 0 Å². The minimum atomic E-state index is -0.326. The Labute approximate surface area is 102 Å². The summed E-state index contributed by atoms with van der Waals surface area (Å²) < 4.78 is 4.94. The SMILES string of the molecule is CCOC(=O)C(C)CC(=O)CSC(C)(C)C. The van der Waals surface area contributed by atoms with Crippen molar-refractivity contribution in [1.29, 1.82) is 0 Å². The number of rotatable bonds is 6. The predicted octanol–water partition coefficient (Wildman–Crippen LogP) is 2.68. The molecule has 0 rings (SSSR count). The summed E-state index contributed by atoms with van der Waals surface area (Å²) in [6.07, 6.45) is 0.280. The van der Waals surface area contributed by atoms with E-state index < -0.39 is 0 Å². The van der Waals surface area contributed by atoms with E-state index >= 15 is 0 Å². The molecule has 0 aromatic carbocycles. The normalized spacial score (nSPS) is 13.3. The number of thioether (sulfide) groups is 1. The highest BCUT2D eigenvalue weighted by atomic mass is 32.2. The first-order valence-corrected chi connectivity index (χ1v) is 6.57. The van der Waals surface area contributed by atoms with Crippen LogP contribution in [0.25, 0.3) is 0 Å². The van der Waals surface area contributed by atoms with Gasteiger partial charge in [0.15, 0.2) is 0 Å². The number of Topliss-reactive ketones (excluding diaryl/α,β-unsaturated/α-hetero) is 1. The summed E-state index contributed by atoms with van der Waals surface area (Å²) in [4.78, 5) is 22.9. The average Bonchev–Trinajstić information content (AvgIpc) is 2.14.